The molecule has 0 saturated carbocycles. The monoisotopic (exact) mass is 188 g/mol. The van der Waals surface area contributed by atoms with Gasteiger partial charge in [-0.05, 0) is 18.6 Å². The third-order valence-corrected chi connectivity index (χ3v) is 1.95. The lowest BCUT2D eigenvalue weighted by Crippen LogP contribution is -2.03. The summed E-state index contributed by atoms with van der Waals surface area (Å²) in [5.41, 5.74) is 0.737. The van der Waals surface area contributed by atoms with Crippen molar-refractivity contribution in [3.63, 3.8) is 0 Å². The molecule has 2 aromatic heterocycles. The van der Waals surface area contributed by atoms with Crippen LogP contribution in [-0.4, -0.2) is 21.5 Å². The Bertz CT molecular complexity index is 422. The van der Waals surface area contributed by atoms with Crippen molar-refractivity contribution in [1.82, 2.24) is 15.0 Å². The van der Waals surface area contributed by atoms with Gasteiger partial charge in [0, 0.05) is 12.7 Å². The second-order valence-electron chi connectivity index (χ2n) is 3.02. The number of pyridine rings is 1. The van der Waals surface area contributed by atoms with E-state index in [1.165, 1.54) is 6.33 Å². The van der Waals surface area contributed by atoms with E-state index < -0.39 is 0 Å². The molecule has 2 heterocycles. The van der Waals surface area contributed by atoms with Crippen LogP contribution in [0.1, 0.15) is 13.3 Å². The van der Waals surface area contributed by atoms with E-state index in [0.29, 0.717) is 0 Å². The summed E-state index contributed by atoms with van der Waals surface area (Å²) < 4.78 is 0. The zero-order chi connectivity index (χ0) is 9.80. The van der Waals surface area contributed by atoms with Crippen molar-refractivity contribution in [2.45, 2.75) is 13.3 Å². The van der Waals surface area contributed by atoms with Gasteiger partial charge in [0.15, 0.2) is 5.65 Å². The van der Waals surface area contributed by atoms with Crippen LogP contribution in [0.15, 0.2) is 24.7 Å². The first-order chi connectivity index (χ1) is 6.92. The van der Waals surface area contributed by atoms with E-state index in [0.717, 1.165) is 29.8 Å². The number of hydrogen-bond donors (Lipinski definition) is 1. The van der Waals surface area contributed by atoms with Crippen molar-refractivity contribution in [1.29, 1.82) is 0 Å². The van der Waals surface area contributed by atoms with Gasteiger partial charge >= 0.3 is 0 Å². The van der Waals surface area contributed by atoms with Gasteiger partial charge in [-0.3, -0.25) is 0 Å². The predicted molar refractivity (Wildman–Crippen MR) is 56.1 cm³/mol. The highest BCUT2D eigenvalue weighted by Crippen LogP contribution is 2.15. The normalized spacial score (nSPS) is 10.4. The van der Waals surface area contributed by atoms with Crippen molar-refractivity contribution in [3.8, 4) is 0 Å². The van der Waals surface area contributed by atoms with Gasteiger partial charge in [-0.1, -0.05) is 6.92 Å². The zero-order valence-electron chi connectivity index (χ0n) is 8.07. The Morgan fingerprint density at radius 3 is 3.07 bits per heavy atom. The van der Waals surface area contributed by atoms with Crippen LogP contribution < -0.4 is 5.32 Å². The average Bonchev–Trinajstić information content (AvgIpc) is 2.26. The molecule has 4 heteroatoms. The van der Waals surface area contributed by atoms with Gasteiger partial charge in [-0.2, -0.15) is 0 Å². The van der Waals surface area contributed by atoms with Crippen LogP contribution in [0.25, 0.3) is 11.0 Å². The van der Waals surface area contributed by atoms with Crippen LogP contribution in [-0.2, 0) is 0 Å². The molecule has 72 valence electrons. The largest absolute Gasteiger partial charge is 0.369 e. The fourth-order valence-corrected chi connectivity index (χ4v) is 1.28. The third kappa shape index (κ3) is 1.64. The molecule has 14 heavy (non-hydrogen) atoms. The minimum absolute atomic E-state index is 0.737. The Labute approximate surface area is 82.4 Å². The molecule has 4 nitrogen and oxygen atoms in total. The maximum Gasteiger partial charge on any atom is 0.164 e. The molecule has 0 aromatic carbocycles. The van der Waals surface area contributed by atoms with Crippen LogP contribution >= 0.6 is 0 Å². The molecular formula is C10H12N4. The van der Waals surface area contributed by atoms with E-state index in [1.807, 2.05) is 12.1 Å². The van der Waals surface area contributed by atoms with E-state index in [1.54, 1.807) is 6.20 Å². The Morgan fingerprint density at radius 2 is 2.21 bits per heavy atom. The van der Waals surface area contributed by atoms with Crippen molar-refractivity contribution >= 4 is 16.9 Å². The van der Waals surface area contributed by atoms with Crippen molar-refractivity contribution in [2.75, 3.05) is 11.9 Å². The lowest BCUT2D eigenvalue weighted by molar-refractivity contribution is 0.969. The summed E-state index contributed by atoms with van der Waals surface area (Å²) in [6, 6.07) is 3.86. The van der Waals surface area contributed by atoms with E-state index in [2.05, 4.69) is 27.2 Å². The van der Waals surface area contributed by atoms with Crippen LogP contribution in [0.5, 0.6) is 0 Å². The van der Waals surface area contributed by atoms with Crippen LogP contribution in [0, 0.1) is 0 Å². The highest BCUT2D eigenvalue weighted by Gasteiger charge is 2.01. The van der Waals surface area contributed by atoms with Gasteiger partial charge in [0.1, 0.15) is 12.1 Å². The first kappa shape index (κ1) is 8.87. The second-order valence-corrected chi connectivity index (χ2v) is 3.02. The summed E-state index contributed by atoms with van der Waals surface area (Å²) in [4.78, 5) is 12.4. The summed E-state index contributed by atoms with van der Waals surface area (Å²) in [5.74, 6) is 0.866. The van der Waals surface area contributed by atoms with Crippen LogP contribution in [0.3, 0.4) is 0 Å². The lowest BCUT2D eigenvalue weighted by atomic mass is 10.3. The summed E-state index contributed by atoms with van der Waals surface area (Å²) >= 11 is 0. The van der Waals surface area contributed by atoms with Gasteiger partial charge in [0.05, 0.1) is 5.39 Å². The number of hydrogen-bond acceptors (Lipinski definition) is 4. The number of nitrogens with zero attached hydrogens (tertiary/aromatic N) is 3. The first-order valence-electron chi connectivity index (χ1n) is 4.71. The Balaban J connectivity index is 2.43. The van der Waals surface area contributed by atoms with E-state index >= 15 is 0 Å². The molecule has 2 aromatic rings. The van der Waals surface area contributed by atoms with Crippen molar-refractivity contribution in [3.05, 3.63) is 24.7 Å². The Hall–Kier alpha value is -1.71. The lowest BCUT2D eigenvalue weighted by Gasteiger charge is -2.05. The van der Waals surface area contributed by atoms with E-state index in [4.69, 9.17) is 0 Å². The third-order valence-electron chi connectivity index (χ3n) is 1.95. The highest BCUT2D eigenvalue weighted by atomic mass is 15.0. The molecule has 2 rings (SSSR count). The van der Waals surface area contributed by atoms with Gasteiger partial charge in [-0.15, -0.1) is 0 Å². The molecule has 0 aliphatic carbocycles. The van der Waals surface area contributed by atoms with Gasteiger partial charge < -0.3 is 5.32 Å². The molecule has 0 saturated heterocycles. The molecule has 0 bridgehead atoms. The second kappa shape index (κ2) is 4.00. The maximum absolute atomic E-state index is 4.18. The standard InChI is InChI=1S/C10H12N4/c1-2-5-11-9-8-4-3-6-12-10(8)14-7-13-9/h3-4,6-7H,2,5H2,1H3,(H,11,12,13,14). The fraction of sp³-hybridized carbons (Fsp3) is 0.300. The van der Waals surface area contributed by atoms with Crippen molar-refractivity contribution < 1.29 is 0 Å². The van der Waals surface area contributed by atoms with Gasteiger partial charge in [-0.25, -0.2) is 15.0 Å². The topological polar surface area (TPSA) is 50.7 Å². The molecule has 0 aliphatic rings. The number of rotatable bonds is 3. The highest BCUT2D eigenvalue weighted by molar-refractivity contribution is 5.85. The van der Waals surface area contributed by atoms with Crippen LogP contribution in [0.4, 0.5) is 5.82 Å². The molecule has 0 fully saturated rings. The maximum atomic E-state index is 4.18. The molecule has 1 N–H and O–H groups in total. The Morgan fingerprint density at radius 1 is 1.29 bits per heavy atom. The summed E-state index contributed by atoms with van der Waals surface area (Å²) in [6.07, 6.45) is 4.35. The van der Waals surface area contributed by atoms with E-state index in [-0.39, 0.29) is 0 Å². The summed E-state index contributed by atoms with van der Waals surface area (Å²) in [7, 11) is 0. The molecule has 0 unspecified atom stereocenters. The summed E-state index contributed by atoms with van der Waals surface area (Å²) in [5, 5.41) is 4.22. The van der Waals surface area contributed by atoms with Gasteiger partial charge in [0.2, 0.25) is 0 Å². The number of anilines is 1. The number of nitrogens with one attached hydrogen (secondary N) is 1. The fourth-order valence-electron chi connectivity index (χ4n) is 1.28. The van der Waals surface area contributed by atoms with Crippen molar-refractivity contribution in [2.24, 2.45) is 0 Å². The molecule has 0 spiro atoms. The minimum atomic E-state index is 0.737. The smallest absolute Gasteiger partial charge is 0.164 e. The average molecular weight is 188 g/mol. The molecular weight excluding hydrogens is 176 g/mol. The molecule has 0 amide bonds. The van der Waals surface area contributed by atoms with Crippen LogP contribution in [0.2, 0.25) is 0 Å². The zero-order valence-corrected chi connectivity index (χ0v) is 8.07. The molecule has 0 atom stereocenters. The van der Waals surface area contributed by atoms with E-state index in [9.17, 15) is 0 Å². The SMILES string of the molecule is CCCNc1ncnc2ncccc12. The number of fused-ring (bicyclic) bond motifs is 1. The molecule has 0 radical (unpaired) electrons. The quantitative estimate of drug-likeness (QED) is 0.798. The number of aromatic nitrogens is 3. The Kier molecular flexibility index (Phi) is 2.53. The summed E-state index contributed by atoms with van der Waals surface area (Å²) in [6.45, 7) is 3.04. The molecule has 0 aliphatic heterocycles. The minimum Gasteiger partial charge on any atom is -0.369 e. The predicted octanol–water partition coefficient (Wildman–Crippen LogP) is 1.85. The first-order valence-corrected chi connectivity index (χ1v) is 4.71. The van der Waals surface area contributed by atoms with Gasteiger partial charge in [0.25, 0.3) is 0 Å².